The van der Waals surface area contributed by atoms with Crippen LogP contribution in [0.3, 0.4) is 0 Å². The second-order valence-electron chi connectivity index (χ2n) is 4.11. The Bertz CT molecular complexity index is 836. The minimum Gasteiger partial charge on any atom is -0.388 e. The number of hydrogen-bond acceptors (Lipinski definition) is 3. The van der Waals surface area contributed by atoms with Crippen LogP contribution in [0.2, 0.25) is 0 Å². The molecule has 0 radical (unpaired) electrons. The molecule has 0 unspecified atom stereocenters. The normalized spacial score (nSPS) is 11.9. The molecule has 3 nitrogen and oxygen atoms in total. The molecular weight excluding hydrogens is 256 g/mol. The van der Waals surface area contributed by atoms with Gasteiger partial charge in [-0.05, 0) is 18.2 Å². The van der Waals surface area contributed by atoms with E-state index in [-0.39, 0.29) is 0 Å². The van der Waals surface area contributed by atoms with Crippen molar-refractivity contribution in [1.29, 1.82) is 0 Å². The number of carbonyl (C=O) groups excluding carboxylic acids is 1. The van der Waals surface area contributed by atoms with Gasteiger partial charge in [-0.25, -0.2) is 4.99 Å². The Morgan fingerprint density at radius 3 is 2.68 bits per heavy atom. The molecule has 0 atom stereocenters. The summed E-state index contributed by atoms with van der Waals surface area (Å²) in [6.45, 7) is 0. The van der Waals surface area contributed by atoms with Crippen LogP contribution in [0, 0.1) is 0 Å². The number of fused-ring (bicyclic) bond motifs is 2. The van der Waals surface area contributed by atoms with E-state index in [1.54, 1.807) is 11.3 Å². The molecular formula is C15H12N2OS. The summed E-state index contributed by atoms with van der Waals surface area (Å²) in [5.74, 6) is 0. The predicted octanol–water partition coefficient (Wildman–Crippen LogP) is 3.15. The Morgan fingerprint density at radius 1 is 1.11 bits per heavy atom. The van der Waals surface area contributed by atoms with Crippen molar-refractivity contribution in [1.82, 2.24) is 0 Å². The summed E-state index contributed by atoms with van der Waals surface area (Å²) in [6.07, 6.45) is 0.609. The number of carbonyl (C=O) groups is 1. The Morgan fingerprint density at radius 2 is 1.89 bits per heavy atom. The third-order valence-corrected chi connectivity index (χ3v) is 4.21. The number of anilines is 1. The number of hydrogen-bond donors (Lipinski definition) is 1. The van der Waals surface area contributed by atoms with Gasteiger partial charge >= 0.3 is 0 Å². The van der Waals surface area contributed by atoms with E-state index in [2.05, 4.69) is 22.4 Å². The zero-order valence-electron chi connectivity index (χ0n) is 10.4. The van der Waals surface area contributed by atoms with E-state index in [4.69, 9.17) is 0 Å². The zero-order chi connectivity index (χ0) is 13.2. The topological polar surface area (TPSA) is 41.5 Å². The largest absolute Gasteiger partial charge is 0.388 e. The van der Waals surface area contributed by atoms with Crippen molar-refractivity contribution in [2.75, 3.05) is 12.4 Å². The summed E-state index contributed by atoms with van der Waals surface area (Å²) in [7, 11) is 1.87. The highest BCUT2D eigenvalue weighted by atomic mass is 32.1. The fourth-order valence-corrected chi connectivity index (χ4v) is 3.37. The highest BCUT2D eigenvalue weighted by molar-refractivity contribution is 7.24. The van der Waals surface area contributed by atoms with Crippen molar-refractivity contribution < 1.29 is 4.79 Å². The smallest absolute Gasteiger partial charge is 0.233 e. The first-order chi connectivity index (χ1) is 9.35. The molecule has 0 spiro atoms. The maximum Gasteiger partial charge on any atom is 0.233 e. The molecule has 1 heterocycles. The Hall–Kier alpha value is -2.20. The molecule has 3 rings (SSSR count). The van der Waals surface area contributed by atoms with Gasteiger partial charge in [-0.15, -0.1) is 11.3 Å². The van der Waals surface area contributed by atoms with Crippen molar-refractivity contribution >= 4 is 43.6 Å². The van der Waals surface area contributed by atoms with Gasteiger partial charge in [-0.2, -0.15) is 0 Å². The van der Waals surface area contributed by atoms with Gasteiger partial charge in [0, 0.05) is 32.9 Å². The monoisotopic (exact) mass is 268 g/mol. The lowest BCUT2D eigenvalue weighted by Crippen LogP contribution is -2.07. The first-order valence-corrected chi connectivity index (χ1v) is 6.76. The fourth-order valence-electron chi connectivity index (χ4n) is 2.26. The summed E-state index contributed by atoms with van der Waals surface area (Å²) in [4.78, 5) is 14.9. The van der Waals surface area contributed by atoms with Crippen molar-refractivity contribution in [2.24, 2.45) is 4.99 Å². The molecule has 3 aromatic rings. The van der Waals surface area contributed by atoms with Crippen molar-refractivity contribution in [3.8, 4) is 0 Å². The molecule has 1 aromatic heterocycles. The number of benzene rings is 2. The first kappa shape index (κ1) is 11.9. The first-order valence-electron chi connectivity index (χ1n) is 5.95. The van der Waals surface area contributed by atoms with Crippen LogP contribution in [0.25, 0.3) is 20.2 Å². The third-order valence-electron chi connectivity index (χ3n) is 3.08. The van der Waals surface area contributed by atoms with Gasteiger partial charge in [0.25, 0.3) is 0 Å². The summed E-state index contributed by atoms with van der Waals surface area (Å²) >= 11 is 1.70. The van der Waals surface area contributed by atoms with Crippen LogP contribution in [0.5, 0.6) is 0 Å². The van der Waals surface area contributed by atoms with Gasteiger partial charge in [-0.1, -0.05) is 24.3 Å². The van der Waals surface area contributed by atoms with Crippen LogP contribution in [0.15, 0.2) is 47.5 Å². The van der Waals surface area contributed by atoms with Crippen molar-refractivity contribution in [3.63, 3.8) is 0 Å². The standard InChI is InChI=1S/C15H12N2OS/c1-16-11-6-4-8-13-14(11)15(17-9-18)10-5-2-3-7-12(10)19-13/h2-9,16H,1H3. The maximum absolute atomic E-state index is 10.9. The highest BCUT2D eigenvalue weighted by Crippen LogP contribution is 2.28. The van der Waals surface area contributed by atoms with Gasteiger partial charge in [0.1, 0.15) is 0 Å². The lowest BCUT2D eigenvalue weighted by molar-refractivity contribution is -0.106. The van der Waals surface area contributed by atoms with E-state index in [1.807, 2.05) is 37.4 Å². The minimum absolute atomic E-state index is 0.609. The summed E-state index contributed by atoms with van der Waals surface area (Å²) in [5, 5.41) is 5.91. The van der Waals surface area contributed by atoms with Crippen LogP contribution in [-0.2, 0) is 4.79 Å². The average Bonchev–Trinajstić information content (AvgIpc) is 2.46. The highest BCUT2D eigenvalue weighted by Gasteiger charge is 2.07. The molecule has 1 N–H and O–H groups in total. The molecule has 2 aromatic carbocycles. The predicted molar refractivity (Wildman–Crippen MR) is 80.5 cm³/mol. The van der Waals surface area contributed by atoms with Gasteiger partial charge in [0.15, 0.2) is 0 Å². The molecule has 4 heteroatoms. The Kier molecular flexibility index (Phi) is 3.01. The van der Waals surface area contributed by atoms with E-state index in [0.717, 1.165) is 31.2 Å². The van der Waals surface area contributed by atoms with Crippen LogP contribution >= 0.6 is 11.3 Å². The van der Waals surface area contributed by atoms with E-state index in [1.165, 1.54) is 0 Å². The van der Waals surface area contributed by atoms with Gasteiger partial charge in [0.05, 0.1) is 5.36 Å². The van der Waals surface area contributed by atoms with E-state index in [9.17, 15) is 4.79 Å². The molecule has 94 valence electrons. The SMILES string of the molecule is CNc1cccc2sc3ccccc3c(=NC=O)c12. The molecule has 0 saturated carbocycles. The van der Waals surface area contributed by atoms with E-state index < -0.39 is 0 Å². The minimum atomic E-state index is 0.609. The molecule has 0 bridgehead atoms. The van der Waals surface area contributed by atoms with Gasteiger partial charge in [-0.3, -0.25) is 4.79 Å². The zero-order valence-corrected chi connectivity index (χ0v) is 11.2. The van der Waals surface area contributed by atoms with Gasteiger partial charge < -0.3 is 5.32 Å². The number of amides is 1. The molecule has 0 aliphatic rings. The summed E-state index contributed by atoms with van der Waals surface area (Å²) in [5.41, 5.74) is 0.986. The van der Waals surface area contributed by atoms with Crippen LogP contribution in [0.4, 0.5) is 5.69 Å². The van der Waals surface area contributed by atoms with Crippen LogP contribution < -0.4 is 10.7 Å². The van der Waals surface area contributed by atoms with Crippen LogP contribution in [0.1, 0.15) is 0 Å². The molecule has 0 aliphatic heterocycles. The molecule has 19 heavy (non-hydrogen) atoms. The molecule has 0 fully saturated rings. The van der Waals surface area contributed by atoms with Crippen molar-refractivity contribution in [2.45, 2.75) is 0 Å². The fraction of sp³-hybridized carbons (Fsp3) is 0.0667. The number of nitrogens with zero attached hydrogens (tertiary/aromatic N) is 1. The lowest BCUT2D eigenvalue weighted by atomic mass is 10.1. The summed E-state index contributed by atoms with van der Waals surface area (Å²) in [6, 6.07) is 14.1. The third kappa shape index (κ3) is 1.90. The second-order valence-corrected chi connectivity index (χ2v) is 5.19. The Labute approximate surface area is 114 Å². The van der Waals surface area contributed by atoms with Crippen LogP contribution in [-0.4, -0.2) is 13.5 Å². The quantitative estimate of drug-likeness (QED) is 0.573. The second kappa shape index (κ2) is 4.82. The molecule has 0 aliphatic carbocycles. The number of rotatable bonds is 2. The van der Waals surface area contributed by atoms with E-state index >= 15 is 0 Å². The average molecular weight is 268 g/mol. The number of nitrogens with one attached hydrogen (secondary N) is 1. The summed E-state index contributed by atoms with van der Waals surface area (Å²) < 4.78 is 2.25. The lowest BCUT2D eigenvalue weighted by Gasteiger charge is -2.07. The maximum atomic E-state index is 10.9. The van der Waals surface area contributed by atoms with E-state index in [0.29, 0.717) is 6.41 Å². The van der Waals surface area contributed by atoms with Crippen molar-refractivity contribution in [3.05, 3.63) is 47.8 Å². The molecule has 1 amide bonds. The Balaban J connectivity index is 2.65. The van der Waals surface area contributed by atoms with Gasteiger partial charge in [0.2, 0.25) is 6.41 Å². The molecule has 0 saturated heterocycles.